The first-order valence-corrected chi connectivity index (χ1v) is 13.1. The molecule has 1 aromatic heterocycles. The molecule has 0 aliphatic heterocycles. The van der Waals surface area contributed by atoms with Gasteiger partial charge < -0.3 is 14.6 Å². The monoisotopic (exact) mass is 502 g/mol. The first-order chi connectivity index (χ1) is 19.3. The average Bonchev–Trinajstić information content (AvgIpc) is 3.39. The summed E-state index contributed by atoms with van der Waals surface area (Å²) in [7, 11) is 0. The summed E-state index contributed by atoms with van der Waals surface area (Å²) in [5.74, 6) is 0. The van der Waals surface area contributed by atoms with Crippen molar-refractivity contribution in [3.8, 4) is 11.1 Å². The summed E-state index contributed by atoms with van der Waals surface area (Å²) in [4.78, 5) is 2.28. The van der Waals surface area contributed by atoms with Crippen LogP contribution in [-0.4, -0.2) is 0 Å². The first-order valence-electron chi connectivity index (χ1n) is 13.1. The number of benzene rings is 6. The van der Waals surface area contributed by atoms with Crippen molar-refractivity contribution in [3.63, 3.8) is 0 Å². The third-order valence-electron chi connectivity index (χ3n) is 7.03. The maximum absolute atomic E-state index is 6.25. The van der Waals surface area contributed by atoms with E-state index in [2.05, 4.69) is 132 Å². The Morgan fingerprint density at radius 3 is 1.90 bits per heavy atom. The lowest BCUT2D eigenvalue weighted by atomic mass is 10.0. The molecule has 1 heterocycles. The van der Waals surface area contributed by atoms with Gasteiger partial charge in [-0.2, -0.15) is 0 Å². The molecule has 0 bridgehead atoms. The van der Waals surface area contributed by atoms with E-state index < -0.39 is 0 Å². The van der Waals surface area contributed by atoms with Crippen LogP contribution in [0.15, 0.2) is 156 Å². The SMILES string of the molecule is c1ccc(-c2ccc(N(c3ccccc3)c3cccc(Nc4cccc5c4oc4ccccc45)c3)cc2)cc1. The zero-order valence-corrected chi connectivity index (χ0v) is 21.3. The van der Waals surface area contributed by atoms with Gasteiger partial charge in [0.1, 0.15) is 5.58 Å². The lowest BCUT2D eigenvalue weighted by molar-refractivity contribution is 0.670. The van der Waals surface area contributed by atoms with Crippen LogP contribution in [0.4, 0.5) is 28.4 Å². The van der Waals surface area contributed by atoms with Crippen molar-refractivity contribution in [2.45, 2.75) is 0 Å². The topological polar surface area (TPSA) is 28.4 Å². The third-order valence-corrected chi connectivity index (χ3v) is 7.03. The van der Waals surface area contributed by atoms with Crippen LogP contribution in [0.2, 0.25) is 0 Å². The van der Waals surface area contributed by atoms with Gasteiger partial charge in [0.25, 0.3) is 0 Å². The van der Waals surface area contributed by atoms with Gasteiger partial charge in [-0.25, -0.2) is 0 Å². The van der Waals surface area contributed by atoms with Gasteiger partial charge in [0.15, 0.2) is 5.58 Å². The standard InChI is InChI=1S/C36H26N2O/c1-3-11-26(12-4-1)27-21-23-30(24-22-27)38(29-14-5-2-6-15-29)31-16-9-13-28(25-31)37-34-19-10-18-33-32-17-7-8-20-35(32)39-36(33)34/h1-25,37H. The van der Waals surface area contributed by atoms with Crippen LogP contribution >= 0.6 is 0 Å². The Hall–Kier alpha value is -5.28. The molecule has 6 aromatic carbocycles. The molecule has 0 radical (unpaired) electrons. The van der Waals surface area contributed by atoms with Crippen LogP contribution in [0.1, 0.15) is 0 Å². The highest BCUT2D eigenvalue weighted by molar-refractivity contribution is 6.09. The normalized spacial score (nSPS) is 11.1. The quantitative estimate of drug-likeness (QED) is 0.245. The van der Waals surface area contributed by atoms with E-state index in [9.17, 15) is 0 Å². The number of rotatable bonds is 6. The fourth-order valence-corrected chi connectivity index (χ4v) is 5.18. The molecule has 0 unspecified atom stereocenters. The van der Waals surface area contributed by atoms with Gasteiger partial charge in [-0.1, -0.05) is 97.1 Å². The lowest BCUT2D eigenvalue weighted by Gasteiger charge is -2.26. The summed E-state index contributed by atoms with van der Waals surface area (Å²) in [5.41, 5.74) is 9.35. The summed E-state index contributed by atoms with van der Waals surface area (Å²) >= 11 is 0. The highest BCUT2D eigenvalue weighted by Gasteiger charge is 2.14. The number of anilines is 5. The van der Waals surface area contributed by atoms with Gasteiger partial charge in [-0.3, -0.25) is 0 Å². The Kier molecular flexibility index (Phi) is 5.80. The van der Waals surface area contributed by atoms with E-state index in [0.29, 0.717) is 0 Å². The summed E-state index contributed by atoms with van der Waals surface area (Å²) in [6.07, 6.45) is 0. The van der Waals surface area contributed by atoms with Crippen molar-refractivity contribution in [1.29, 1.82) is 0 Å². The smallest absolute Gasteiger partial charge is 0.158 e. The molecule has 7 aromatic rings. The second kappa shape index (κ2) is 9.88. The molecular formula is C36H26N2O. The Balaban J connectivity index is 1.27. The maximum Gasteiger partial charge on any atom is 0.158 e. The predicted molar refractivity (Wildman–Crippen MR) is 164 cm³/mol. The fourth-order valence-electron chi connectivity index (χ4n) is 5.18. The molecule has 7 rings (SSSR count). The second-order valence-corrected chi connectivity index (χ2v) is 9.54. The van der Waals surface area contributed by atoms with Crippen LogP contribution in [0, 0.1) is 0 Å². The number of hydrogen-bond acceptors (Lipinski definition) is 3. The fraction of sp³-hybridized carbons (Fsp3) is 0. The van der Waals surface area contributed by atoms with E-state index in [1.54, 1.807) is 0 Å². The minimum absolute atomic E-state index is 0.862. The molecule has 0 saturated heterocycles. The molecule has 0 aliphatic carbocycles. The molecule has 0 aliphatic rings. The summed E-state index contributed by atoms with van der Waals surface area (Å²) in [6.45, 7) is 0. The Morgan fingerprint density at radius 1 is 0.462 bits per heavy atom. The van der Waals surface area contributed by atoms with Crippen molar-refractivity contribution in [1.82, 2.24) is 0 Å². The lowest BCUT2D eigenvalue weighted by Crippen LogP contribution is -2.10. The molecule has 0 amide bonds. The number of para-hydroxylation sites is 3. The van der Waals surface area contributed by atoms with Gasteiger partial charge >= 0.3 is 0 Å². The summed E-state index contributed by atoms with van der Waals surface area (Å²) in [5, 5.41) is 5.85. The van der Waals surface area contributed by atoms with E-state index >= 15 is 0 Å². The third kappa shape index (κ3) is 4.41. The van der Waals surface area contributed by atoms with Crippen LogP contribution < -0.4 is 10.2 Å². The van der Waals surface area contributed by atoms with E-state index in [4.69, 9.17) is 4.42 Å². The van der Waals surface area contributed by atoms with Crippen LogP contribution in [0.5, 0.6) is 0 Å². The largest absolute Gasteiger partial charge is 0.454 e. The average molecular weight is 503 g/mol. The number of nitrogens with one attached hydrogen (secondary N) is 1. The van der Waals surface area contributed by atoms with Crippen molar-refractivity contribution >= 4 is 50.4 Å². The first kappa shape index (κ1) is 22.9. The predicted octanol–water partition coefficient (Wildman–Crippen LogP) is 10.5. The maximum atomic E-state index is 6.25. The van der Waals surface area contributed by atoms with Crippen LogP contribution in [0.25, 0.3) is 33.1 Å². The van der Waals surface area contributed by atoms with Crippen LogP contribution in [-0.2, 0) is 0 Å². The van der Waals surface area contributed by atoms with E-state index in [0.717, 1.165) is 50.4 Å². The minimum atomic E-state index is 0.862. The van der Waals surface area contributed by atoms with Gasteiger partial charge in [0, 0.05) is 33.5 Å². The highest BCUT2D eigenvalue weighted by atomic mass is 16.3. The molecule has 1 N–H and O–H groups in total. The van der Waals surface area contributed by atoms with Gasteiger partial charge in [-0.05, 0) is 65.7 Å². The molecule has 0 fully saturated rings. The van der Waals surface area contributed by atoms with Crippen molar-refractivity contribution in [2.75, 3.05) is 10.2 Å². The molecule has 3 heteroatoms. The van der Waals surface area contributed by atoms with Gasteiger partial charge in [-0.15, -0.1) is 0 Å². The van der Waals surface area contributed by atoms with E-state index in [-0.39, 0.29) is 0 Å². The highest BCUT2D eigenvalue weighted by Crippen LogP contribution is 2.38. The molecule has 0 saturated carbocycles. The van der Waals surface area contributed by atoms with Crippen molar-refractivity contribution < 1.29 is 4.42 Å². The number of furan rings is 1. The van der Waals surface area contributed by atoms with Gasteiger partial charge in [0.2, 0.25) is 0 Å². The van der Waals surface area contributed by atoms with Crippen molar-refractivity contribution in [2.24, 2.45) is 0 Å². The number of nitrogens with zero attached hydrogens (tertiary/aromatic N) is 1. The van der Waals surface area contributed by atoms with Crippen LogP contribution in [0.3, 0.4) is 0 Å². The van der Waals surface area contributed by atoms with Crippen molar-refractivity contribution in [3.05, 3.63) is 152 Å². The Labute approximate surface area is 227 Å². The molecular weight excluding hydrogens is 476 g/mol. The summed E-state index contributed by atoms with van der Waals surface area (Å²) in [6, 6.07) is 52.6. The van der Waals surface area contributed by atoms with E-state index in [1.165, 1.54) is 11.1 Å². The number of fused-ring (bicyclic) bond motifs is 3. The molecule has 186 valence electrons. The summed E-state index contributed by atoms with van der Waals surface area (Å²) < 4.78 is 6.25. The number of hydrogen-bond donors (Lipinski definition) is 1. The Bertz CT molecular complexity index is 1870. The molecule has 0 spiro atoms. The van der Waals surface area contributed by atoms with Gasteiger partial charge in [0.05, 0.1) is 5.69 Å². The minimum Gasteiger partial charge on any atom is -0.454 e. The zero-order valence-electron chi connectivity index (χ0n) is 21.3. The molecule has 3 nitrogen and oxygen atoms in total. The zero-order chi connectivity index (χ0) is 26.0. The molecule has 0 atom stereocenters. The molecule has 39 heavy (non-hydrogen) atoms. The van der Waals surface area contributed by atoms with E-state index in [1.807, 2.05) is 30.3 Å². The second-order valence-electron chi connectivity index (χ2n) is 9.54. The Morgan fingerprint density at radius 2 is 1.08 bits per heavy atom.